The number of carbonyl (C=O) groups excluding carboxylic acids is 2. The molecule has 0 saturated heterocycles. The number of ether oxygens (including phenoxy) is 1. The molecule has 9 heteroatoms. The summed E-state index contributed by atoms with van der Waals surface area (Å²) in [6, 6.07) is 16.6. The molecule has 0 bridgehead atoms. The highest BCUT2D eigenvalue weighted by molar-refractivity contribution is 6.30. The quantitative estimate of drug-likeness (QED) is 0.183. The van der Waals surface area contributed by atoms with Crippen molar-refractivity contribution in [1.82, 2.24) is 0 Å². The van der Waals surface area contributed by atoms with Crippen LogP contribution in [0.1, 0.15) is 45.7 Å². The minimum absolute atomic E-state index is 0.0246. The third-order valence-corrected chi connectivity index (χ3v) is 5.14. The lowest BCUT2D eigenvalue weighted by molar-refractivity contribution is -0.385. The number of nitrogens with one attached hydrogen (secondary N) is 1. The average Bonchev–Trinajstić information content (AvgIpc) is 2.80. The monoisotopic (exact) mass is 468 g/mol. The van der Waals surface area contributed by atoms with Gasteiger partial charge in [0.2, 0.25) is 0 Å². The number of nitrogens with zero attached hydrogens (tertiary/aromatic N) is 1. The summed E-state index contributed by atoms with van der Waals surface area (Å²) in [5.41, 5.74) is 1.41. The van der Waals surface area contributed by atoms with Crippen LogP contribution in [0.2, 0.25) is 5.02 Å². The Balaban J connectivity index is 1.85. The first-order valence-electron chi connectivity index (χ1n) is 10.1. The van der Waals surface area contributed by atoms with Crippen LogP contribution in [0.4, 0.5) is 11.4 Å². The molecule has 33 heavy (non-hydrogen) atoms. The molecule has 0 aliphatic rings. The van der Waals surface area contributed by atoms with Gasteiger partial charge in [-0.05, 0) is 61.0 Å². The Kier molecular flexibility index (Phi) is 7.63. The van der Waals surface area contributed by atoms with E-state index in [9.17, 15) is 24.8 Å². The number of nitro benzene ring substituents is 1. The van der Waals surface area contributed by atoms with Crippen molar-refractivity contribution in [2.24, 2.45) is 0 Å². The van der Waals surface area contributed by atoms with E-state index in [1.807, 2.05) is 0 Å². The fourth-order valence-corrected chi connectivity index (χ4v) is 3.34. The van der Waals surface area contributed by atoms with E-state index in [2.05, 4.69) is 5.32 Å². The van der Waals surface area contributed by atoms with Crippen LogP contribution < -0.4 is 5.32 Å². The second-order valence-corrected chi connectivity index (χ2v) is 7.57. The van der Waals surface area contributed by atoms with Crippen molar-refractivity contribution in [3.05, 3.63) is 98.6 Å². The molecule has 0 aliphatic carbocycles. The summed E-state index contributed by atoms with van der Waals surface area (Å²) in [6.45, 7) is 2.00. The van der Waals surface area contributed by atoms with Crippen LogP contribution >= 0.6 is 11.6 Å². The van der Waals surface area contributed by atoms with Crippen molar-refractivity contribution in [3.63, 3.8) is 0 Å². The van der Waals surface area contributed by atoms with Gasteiger partial charge in [0.05, 0.1) is 23.1 Å². The molecule has 0 amide bonds. The minimum atomic E-state index is -0.744. The number of ketones is 1. The van der Waals surface area contributed by atoms with E-state index in [-0.39, 0.29) is 24.4 Å². The number of esters is 1. The number of phenols is 1. The molecule has 3 aromatic carbocycles. The lowest BCUT2D eigenvalue weighted by atomic mass is 9.97. The predicted octanol–water partition coefficient (Wildman–Crippen LogP) is 5.56. The number of hydrogen-bond acceptors (Lipinski definition) is 7. The van der Waals surface area contributed by atoms with Gasteiger partial charge in [0.1, 0.15) is 0 Å². The van der Waals surface area contributed by atoms with Crippen LogP contribution in [-0.2, 0) is 4.74 Å². The zero-order valence-electron chi connectivity index (χ0n) is 17.7. The number of rotatable bonds is 9. The van der Waals surface area contributed by atoms with Gasteiger partial charge in [-0.25, -0.2) is 4.79 Å². The van der Waals surface area contributed by atoms with Crippen molar-refractivity contribution in [2.75, 3.05) is 11.9 Å². The van der Waals surface area contributed by atoms with Gasteiger partial charge < -0.3 is 15.2 Å². The zero-order valence-corrected chi connectivity index (χ0v) is 18.4. The summed E-state index contributed by atoms with van der Waals surface area (Å²) in [4.78, 5) is 35.2. The van der Waals surface area contributed by atoms with Crippen molar-refractivity contribution in [2.45, 2.75) is 19.4 Å². The summed E-state index contributed by atoms with van der Waals surface area (Å²) in [5.74, 6) is -1.29. The zero-order chi connectivity index (χ0) is 24.0. The van der Waals surface area contributed by atoms with Crippen molar-refractivity contribution in [1.29, 1.82) is 0 Å². The summed E-state index contributed by atoms with van der Waals surface area (Å²) >= 11 is 5.99. The molecule has 8 nitrogen and oxygen atoms in total. The van der Waals surface area contributed by atoms with E-state index in [1.54, 1.807) is 55.5 Å². The fraction of sp³-hybridized carbons (Fsp3) is 0.167. The number of aromatic hydroxyl groups is 1. The molecule has 0 aromatic heterocycles. The average molecular weight is 469 g/mol. The van der Waals surface area contributed by atoms with Crippen LogP contribution in [0.5, 0.6) is 5.75 Å². The molecule has 2 N–H and O–H groups in total. The molecule has 3 aromatic rings. The van der Waals surface area contributed by atoms with Crippen LogP contribution in [0.3, 0.4) is 0 Å². The summed E-state index contributed by atoms with van der Waals surface area (Å²) in [7, 11) is 0. The number of nitro groups is 1. The molecule has 0 heterocycles. The van der Waals surface area contributed by atoms with Crippen LogP contribution in [0.25, 0.3) is 0 Å². The van der Waals surface area contributed by atoms with Gasteiger partial charge in [-0.2, -0.15) is 0 Å². The first-order valence-corrected chi connectivity index (χ1v) is 10.5. The molecule has 0 fully saturated rings. The van der Waals surface area contributed by atoms with Gasteiger partial charge in [0, 0.05) is 28.8 Å². The molecular formula is C24H21ClN2O6. The third kappa shape index (κ3) is 6.08. The van der Waals surface area contributed by atoms with Gasteiger partial charge in [-0.15, -0.1) is 0 Å². The first kappa shape index (κ1) is 23.7. The number of halogens is 1. The highest BCUT2D eigenvalue weighted by atomic mass is 35.5. The van der Waals surface area contributed by atoms with Crippen molar-refractivity contribution >= 4 is 34.7 Å². The fourth-order valence-electron chi connectivity index (χ4n) is 3.21. The largest absolute Gasteiger partial charge is 0.502 e. The second kappa shape index (κ2) is 10.6. The van der Waals surface area contributed by atoms with E-state index in [0.717, 1.165) is 17.7 Å². The molecule has 0 saturated carbocycles. The summed E-state index contributed by atoms with van der Waals surface area (Å²) in [6.07, 6.45) is -0.0246. The minimum Gasteiger partial charge on any atom is -0.502 e. The van der Waals surface area contributed by atoms with E-state index in [1.165, 1.54) is 6.07 Å². The second-order valence-electron chi connectivity index (χ2n) is 7.13. The van der Waals surface area contributed by atoms with E-state index in [0.29, 0.717) is 16.3 Å². The van der Waals surface area contributed by atoms with E-state index < -0.39 is 28.4 Å². The molecule has 0 radical (unpaired) electrons. The Morgan fingerprint density at radius 1 is 1.06 bits per heavy atom. The van der Waals surface area contributed by atoms with Crippen molar-refractivity contribution in [3.8, 4) is 5.75 Å². The molecule has 0 spiro atoms. The maximum Gasteiger partial charge on any atom is 0.338 e. The SMILES string of the molecule is CCOC(=O)c1ccc(NC(CC(=O)c2ccc(O)c([N+](=O)[O-])c2)c2ccc(Cl)cc2)cc1. The maximum atomic E-state index is 13.0. The number of hydrogen-bond donors (Lipinski definition) is 2. The number of benzene rings is 3. The summed E-state index contributed by atoms with van der Waals surface area (Å²) in [5, 5.41) is 24.6. The predicted molar refractivity (Wildman–Crippen MR) is 124 cm³/mol. The molecular weight excluding hydrogens is 448 g/mol. The number of anilines is 1. The Morgan fingerprint density at radius 2 is 1.70 bits per heavy atom. The van der Waals surface area contributed by atoms with E-state index in [4.69, 9.17) is 16.3 Å². The lowest BCUT2D eigenvalue weighted by Gasteiger charge is -2.20. The van der Waals surface area contributed by atoms with Crippen LogP contribution in [-0.4, -0.2) is 28.4 Å². The van der Waals surface area contributed by atoms with Crippen LogP contribution in [0, 0.1) is 10.1 Å². The summed E-state index contributed by atoms with van der Waals surface area (Å²) < 4.78 is 4.98. The smallest absolute Gasteiger partial charge is 0.338 e. The van der Waals surface area contributed by atoms with Crippen LogP contribution in [0.15, 0.2) is 66.7 Å². The van der Waals surface area contributed by atoms with E-state index >= 15 is 0 Å². The molecule has 170 valence electrons. The molecule has 0 aliphatic heterocycles. The number of carbonyl (C=O) groups is 2. The highest BCUT2D eigenvalue weighted by Gasteiger charge is 2.21. The Bertz CT molecular complexity index is 1160. The molecule has 1 unspecified atom stereocenters. The van der Waals surface area contributed by atoms with Crippen molar-refractivity contribution < 1.29 is 24.4 Å². The van der Waals surface area contributed by atoms with Gasteiger partial charge in [0.25, 0.3) is 0 Å². The maximum absolute atomic E-state index is 13.0. The Labute approximate surface area is 194 Å². The molecule has 1 atom stereocenters. The Morgan fingerprint density at radius 3 is 2.30 bits per heavy atom. The Hall–Kier alpha value is -3.91. The lowest BCUT2D eigenvalue weighted by Crippen LogP contribution is -2.16. The standard InChI is InChI=1S/C24H21ClN2O6/c1-2-33-24(30)16-5-10-19(11-6-16)26-20(15-3-8-18(25)9-4-15)14-23(29)17-7-12-22(28)21(13-17)27(31)32/h3-13,20,26,28H,2,14H2,1H3. The van der Waals surface area contributed by atoms with Gasteiger partial charge >= 0.3 is 11.7 Å². The topological polar surface area (TPSA) is 119 Å². The highest BCUT2D eigenvalue weighted by Crippen LogP contribution is 2.30. The first-order chi connectivity index (χ1) is 15.8. The normalized spacial score (nSPS) is 11.5. The van der Waals surface area contributed by atoms with Gasteiger partial charge in [-0.3, -0.25) is 14.9 Å². The molecule has 3 rings (SSSR count). The van der Waals surface area contributed by atoms with Gasteiger partial charge in [-0.1, -0.05) is 23.7 Å². The number of Topliss-reactive ketones (excluding diaryl/α,β-unsaturated/α-hetero) is 1. The number of phenolic OH excluding ortho intramolecular Hbond substituents is 1. The van der Waals surface area contributed by atoms with Gasteiger partial charge in [0.15, 0.2) is 11.5 Å². The third-order valence-electron chi connectivity index (χ3n) is 4.89.